The van der Waals surface area contributed by atoms with Crippen LogP contribution in [0.4, 0.5) is 20.7 Å². The van der Waals surface area contributed by atoms with Crippen LogP contribution in [0.3, 0.4) is 0 Å². The maximum Gasteiger partial charge on any atom is 0.296 e. The largest absolute Gasteiger partial charge is 0.395 e. The number of aromatic nitrogens is 5. The number of hydrogen-bond donors (Lipinski definition) is 1. The second-order valence-electron chi connectivity index (χ2n) is 7.94. The molecule has 12 heteroatoms. The first-order chi connectivity index (χ1) is 16.0. The summed E-state index contributed by atoms with van der Waals surface area (Å²) in [5.74, 6) is 0.334. The Bertz CT molecular complexity index is 1070. The molecule has 1 aromatic carbocycles. The molecule has 3 heterocycles. The van der Waals surface area contributed by atoms with Gasteiger partial charge >= 0.3 is 0 Å². The molecular formula is C21H28F2N8O2. The van der Waals surface area contributed by atoms with E-state index < -0.39 is 12.2 Å². The number of aliphatic hydroxyl groups excluding tert-OH is 1. The minimum absolute atomic E-state index is 0.0679. The Morgan fingerprint density at radius 2 is 1.73 bits per heavy atom. The molecule has 0 bridgehead atoms. The molecule has 1 N–H and O–H groups in total. The number of morpholine rings is 1. The summed E-state index contributed by atoms with van der Waals surface area (Å²) in [7, 11) is 3.89. The summed E-state index contributed by atoms with van der Waals surface area (Å²) in [4.78, 5) is 23.7. The van der Waals surface area contributed by atoms with E-state index in [1.54, 1.807) is 24.3 Å². The molecular weight excluding hydrogens is 434 g/mol. The molecule has 1 fully saturated rings. The van der Waals surface area contributed by atoms with Gasteiger partial charge in [0.2, 0.25) is 17.8 Å². The number of likely N-dealkylation sites (N-methyl/N-ethyl adjacent to an activating group) is 1. The normalized spacial score (nSPS) is 14.6. The summed E-state index contributed by atoms with van der Waals surface area (Å²) < 4.78 is 34.7. The predicted molar refractivity (Wildman–Crippen MR) is 120 cm³/mol. The topological polar surface area (TPSA) is 95.7 Å². The van der Waals surface area contributed by atoms with Gasteiger partial charge in [0.1, 0.15) is 0 Å². The van der Waals surface area contributed by atoms with E-state index in [-0.39, 0.29) is 12.6 Å². The third kappa shape index (κ3) is 5.18. The highest BCUT2D eigenvalue weighted by atomic mass is 19.3. The zero-order valence-electron chi connectivity index (χ0n) is 18.7. The van der Waals surface area contributed by atoms with Crippen LogP contribution in [0.15, 0.2) is 24.3 Å². The summed E-state index contributed by atoms with van der Waals surface area (Å²) in [6.07, 6.45) is -2.81. The highest BCUT2D eigenvalue weighted by Crippen LogP contribution is 2.28. The number of rotatable bonds is 9. The fourth-order valence-electron chi connectivity index (χ4n) is 3.64. The minimum atomic E-state index is -2.81. The van der Waals surface area contributed by atoms with Crippen molar-refractivity contribution >= 4 is 22.9 Å². The molecule has 0 unspecified atom stereocenters. The van der Waals surface area contributed by atoms with Crippen molar-refractivity contribution in [1.82, 2.24) is 29.4 Å². The van der Waals surface area contributed by atoms with E-state index in [4.69, 9.17) is 4.74 Å². The number of alkyl halides is 2. The summed E-state index contributed by atoms with van der Waals surface area (Å²) in [5, 5.41) is 9.62. The van der Waals surface area contributed by atoms with Crippen molar-refractivity contribution in [3.8, 4) is 5.95 Å². The Morgan fingerprint density at radius 3 is 2.42 bits per heavy atom. The monoisotopic (exact) mass is 462 g/mol. The quantitative estimate of drug-likeness (QED) is 0.505. The SMILES string of the molecule is CN(C)CCN(CCO)c1nc(N2CCOCC2)nc(-n2c(C(F)F)nc3ccccc32)n1. The Kier molecular flexibility index (Phi) is 7.26. The van der Waals surface area contributed by atoms with Gasteiger partial charge in [-0.25, -0.2) is 13.8 Å². The van der Waals surface area contributed by atoms with Crippen LogP contribution in [0.5, 0.6) is 0 Å². The molecule has 1 saturated heterocycles. The van der Waals surface area contributed by atoms with Crippen LogP contribution < -0.4 is 9.80 Å². The molecule has 0 amide bonds. The molecule has 178 valence electrons. The van der Waals surface area contributed by atoms with Crippen LogP contribution in [0.2, 0.25) is 0 Å². The summed E-state index contributed by atoms with van der Waals surface area (Å²) in [6, 6.07) is 6.90. The van der Waals surface area contributed by atoms with Crippen molar-refractivity contribution in [3.05, 3.63) is 30.1 Å². The van der Waals surface area contributed by atoms with Crippen molar-refractivity contribution in [3.63, 3.8) is 0 Å². The second kappa shape index (κ2) is 10.3. The van der Waals surface area contributed by atoms with E-state index in [1.165, 1.54) is 4.57 Å². The van der Waals surface area contributed by atoms with Crippen molar-refractivity contribution < 1.29 is 18.6 Å². The number of fused-ring (bicyclic) bond motifs is 1. The molecule has 0 aliphatic carbocycles. The van der Waals surface area contributed by atoms with Crippen molar-refractivity contribution in [2.75, 3.05) is 76.4 Å². The van der Waals surface area contributed by atoms with E-state index in [0.29, 0.717) is 68.9 Å². The van der Waals surface area contributed by atoms with Crippen LogP contribution in [0, 0.1) is 0 Å². The van der Waals surface area contributed by atoms with Gasteiger partial charge in [0, 0.05) is 32.7 Å². The van der Waals surface area contributed by atoms with Gasteiger partial charge in [0.25, 0.3) is 6.43 Å². The summed E-state index contributed by atoms with van der Waals surface area (Å²) >= 11 is 0. The smallest absolute Gasteiger partial charge is 0.296 e. The number of halogens is 2. The van der Waals surface area contributed by atoms with E-state index in [2.05, 4.69) is 19.9 Å². The zero-order chi connectivity index (χ0) is 23.4. The number of ether oxygens (including phenoxy) is 1. The van der Waals surface area contributed by atoms with Gasteiger partial charge in [-0.1, -0.05) is 12.1 Å². The van der Waals surface area contributed by atoms with E-state index in [1.807, 2.05) is 28.8 Å². The first kappa shape index (κ1) is 23.2. The molecule has 0 saturated carbocycles. The number of benzene rings is 1. The van der Waals surface area contributed by atoms with E-state index in [0.717, 1.165) is 0 Å². The predicted octanol–water partition coefficient (Wildman–Crippen LogP) is 1.34. The molecule has 0 atom stereocenters. The fraction of sp³-hybridized carbons (Fsp3) is 0.524. The summed E-state index contributed by atoms with van der Waals surface area (Å²) in [6.45, 7) is 3.64. The first-order valence-electron chi connectivity index (χ1n) is 10.8. The Morgan fingerprint density at radius 1 is 1.00 bits per heavy atom. The molecule has 2 aromatic heterocycles. The van der Waals surface area contributed by atoms with E-state index in [9.17, 15) is 13.9 Å². The number of para-hydroxylation sites is 2. The molecule has 10 nitrogen and oxygen atoms in total. The maximum atomic E-state index is 14.0. The average Bonchev–Trinajstić information content (AvgIpc) is 3.22. The fourth-order valence-corrected chi connectivity index (χ4v) is 3.64. The standard InChI is InChI=1S/C21H28F2N8O2/c1-28(2)7-8-29(9-12-32)19-25-20(30-10-13-33-14-11-30)27-21(26-19)31-16-6-4-3-5-15(16)24-18(31)17(22)23/h3-6,17,32H,7-14H2,1-2H3. The highest BCUT2D eigenvalue weighted by Gasteiger charge is 2.25. The lowest BCUT2D eigenvalue weighted by atomic mass is 10.3. The van der Waals surface area contributed by atoms with Crippen LogP contribution >= 0.6 is 0 Å². The molecule has 0 spiro atoms. The lowest BCUT2D eigenvalue weighted by Gasteiger charge is -2.29. The Balaban J connectivity index is 1.86. The van der Waals surface area contributed by atoms with Gasteiger partial charge < -0.3 is 24.5 Å². The molecule has 1 aliphatic rings. The molecule has 4 rings (SSSR count). The zero-order valence-corrected chi connectivity index (χ0v) is 18.7. The molecule has 0 radical (unpaired) electrons. The van der Waals surface area contributed by atoms with Crippen LogP contribution in [-0.2, 0) is 4.74 Å². The summed E-state index contributed by atoms with van der Waals surface area (Å²) in [5.41, 5.74) is 0.919. The second-order valence-corrected chi connectivity index (χ2v) is 7.94. The third-order valence-electron chi connectivity index (χ3n) is 5.35. The van der Waals surface area contributed by atoms with Crippen LogP contribution in [0.25, 0.3) is 17.0 Å². The average molecular weight is 463 g/mol. The Hall–Kier alpha value is -2.96. The van der Waals surface area contributed by atoms with Gasteiger partial charge in [-0.15, -0.1) is 0 Å². The number of anilines is 2. The number of nitrogens with zero attached hydrogens (tertiary/aromatic N) is 8. The molecule has 33 heavy (non-hydrogen) atoms. The van der Waals surface area contributed by atoms with Crippen LogP contribution in [-0.4, -0.2) is 101 Å². The Labute approximate surface area is 190 Å². The van der Waals surface area contributed by atoms with Crippen molar-refractivity contribution in [1.29, 1.82) is 0 Å². The van der Waals surface area contributed by atoms with Crippen molar-refractivity contribution in [2.24, 2.45) is 0 Å². The van der Waals surface area contributed by atoms with Crippen LogP contribution in [0.1, 0.15) is 12.2 Å². The van der Waals surface area contributed by atoms with Gasteiger partial charge in [-0.05, 0) is 26.2 Å². The molecule has 1 aliphatic heterocycles. The molecule has 3 aromatic rings. The maximum absolute atomic E-state index is 14.0. The lowest BCUT2D eigenvalue weighted by molar-refractivity contribution is 0.122. The number of hydrogen-bond acceptors (Lipinski definition) is 9. The number of imidazole rings is 1. The van der Waals surface area contributed by atoms with Gasteiger partial charge in [0.15, 0.2) is 5.82 Å². The van der Waals surface area contributed by atoms with Gasteiger partial charge in [-0.3, -0.25) is 4.57 Å². The van der Waals surface area contributed by atoms with Gasteiger partial charge in [-0.2, -0.15) is 15.0 Å². The highest BCUT2D eigenvalue weighted by molar-refractivity contribution is 5.77. The third-order valence-corrected chi connectivity index (χ3v) is 5.35. The first-order valence-corrected chi connectivity index (χ1v) is 10.8. The minimum Gasteiger partial charge on any atom is -0.395 e. The van der Waals surface area contributed by atoms with E-state index >= 15 is 0 Å². The van der Waals surface area contributed by atoms with Gasteiger partial charge in [0.05, 0.1) is 30.9 Å². The lowest BCUT2D eigenvalue weighted by Crippen LogP contribution is -2.39. The number of aliphatic hydroxyl groups is 1. The van der Waals surface area contributed by atoms with Crippen molar-refractivity contribution in [2.45, 2.75) is 6.43 Å².